The summed E-state index contributed by atoms with van der Waals surface area (Å²) in [6.45, 7) is 5.49. The SMILES string of the molecule is CN(Cc1cccnc1)C(=O)C(=O)OC(C)(C)C. The molecule has 0 aliphatic carbocycles. The van der Waals surface area contributed by atoms with Gasteiger partial charge < -0.3 is 9.64 Å². The minimum Gasteiger partial charge on any atom is -0.453 e. The van der Waals surface area contributed by atoms with Crippen LogP contribution < -0.4 is 0 Å². The second-order valence-corrected chi connectivity index (χ2v) is 5.02. The maximum atomic E-state index is 11.8. The second-order valence-electron chi connectivity index (χ2n) is 5.02. The lowest BCUT2D eigenvalue weighted by Crippen LogP contribution is -2.37. The Morgan fingerprint density at radius 2 is 2.06 bits per heavy atom. The Morgan fingerprint density at radius 1 is 1.39 bits per heavy atom. The van der Waals surface area contributed by atoms with Gasteiger partial charge in [0.2, 0.25) is 0 Å². The van der Waals surface area contributed by atoms with Crippen molar-refractivity contribution in [1.82, 2.24) is 9.88 Å². The predicted molar refractivity (Wildman–Crippen MR) is 66.6 cm³/mol. The second kappa shape index (κ2) is 5.62. The molecule has 0 spiro atoms. The maximum absolute atomic E-state index is 11.8. The Balaban J connectivity index is 2.59. The average molecular weight is 250 g/mol. The van der Waals surface area contributed by atoms with Crippen LogP contribution in [-0.2, 0) is 20.9 Å². The van der Waals surface area contributed by atoms with E-state index >= 15 is 0 Å². The number of carbonyl (C=O) groups is 2. The number of ether oxygens (including phenoxy) is 1. The minimum absolute atomic E-state index is 0.325. The van der Waals surface area contributed by atoms with E-state index in [1.54, 1.807) is 46.3 Å². The molecule has 98 valence electrons. The number of esters is 1. The van der Waals surface area contributed by atoms with Gasteiger partial charge in [-0.05, 0) is 32.4 Å². The standard InChI is InChI=1S/C13H18N2O3/c1-13(2,3)18-12(17)11(16)15(4)9-10-6-5-7-14-8-10/h5-8H,9H2,1-4H3. The summed E-state index contributed by atoms with van der Waals surface area (Å²) >= 11 is 0. The van der Waals surface area contributed by atoms with Gasteiger partial charge in [0.1, 0.15) is 5.60 Å². The third kappa shape index (κ3) is 4.53. The molecule has 1 rings (SSSR count). The van der Waals surface area contributed by atoms with Crippen LogP contribution in [0.25, 0.3) is 0 Å². The number of pyridine rings is 1. The summed E-state index contributed by atoms with van der Waals surface area (Å²) in [6, 6.07) is 3.62. The molecule has 0 radical (unpaired) electrons. The Bertz CT molecular complexity index is 424. The van der Waals surface area contributed by atoms with Crippen molar-refractivity contribution in [2.75, 3.05) is 7.05 Å². The molecule has 5 nitrogen and oxygen atoms in total. The van der Waals surface area contributed by atoms with Gasteiger partial charge in [-0.2, -0.15) is 0 Å². The summed E-state index contributed by atoms with van der Waals surface area (Å²) in [7, 11) is 1.55. The number of carbonyl (C=O) groups excluding carboxylic acids is 2. The molecule has 0 unspecified atom stereocenters. The molecular weight excluding hydrogens is 232 g/mol. The molecule has 1 amide bonds. The highest BCUT2D eigenvalue weighted by molar-refractivity contribution is 6.32. The molecule has 1 heterocycles. The van der Waals surface area contributed by atoms with Crippen LogP contribution in [0, 0.1) is 0 Å². The van der Waals surface area contributed by atoms with Crippen LogP contribution in [0.4, 0.5) is 0 Å². The fourth-order valence-electron chi connectivity index (χ4n) is 1.31. The highest BCUT2D eigenvalue weighted by atomic mass is 16.6. The highest BCUT2D eigenvalue weighted by Crippen LogP contribution is 2.09. The lowest BCUT2D eigenvalue weighted by molar-refractivity contribution is -0.167. The molecular formula is C13H18N2O3. The van der Waals surface area contributed by atoms with E-state index in [9.17, 15) is 9.59 Å². The van der Waals surface area contributed by atoms with Crippen LogP contribution in [0.5, 0.6) is 0 Å². The molecule has 0 bridgehead atoms. The zero-order chi connectivity index (χ0) is 13.8. The first-order valence-corrected chi connectivity index (χ1v) is 5.67. The number of hydrogen-bond donors (Lipinski definition) is 0. The fraction of sp³-hybridized carbons (Fsp3) is 0.462. The van der Waals surface area contributed by atoms with E-state index in [0.717, 1.165) is 5.56 Å². The van der Waals surface area contributed by atoms with Gasteiger partial charge in [-0.25, -0.2) is 4.79 Å². The number of nitrogens with zero attached hydrogens (tertiary/aromatic N) is 2. The highest BCUT2D eigenvalue weighted by Gasteiger charge is 2.25. The van der Waals surface area contributed by atoms with E-state index < -0.39 is 17.5 Å². The first kappa shape index (κ1) is 14.2. The van der Waals surface area contributed by atoms with Crippen LogP contribution >= 0.6 is 0 Å². The molecule has 0 atom stereocenters. The monoisotopic (exact) mass is 250 g/mol. The van der Waals surface area contributed by atoms with Gasteiger partial charge in [0.15, 0.2) is 0 Å². The Labute approximate surface area is 107 Å². The Hall–Kier alpha value is -1.91. The number of aromatic nitrogens is 1. The van der Waals surface area contributed by atoms with Crippen LogP contribution in [0.3, 0.4) is 0 Å². The molecule has 0 aromatic carbocycles. The lowest BCUT2D eigenvalue weighted by Gasteiger charge is -2.22. The van der Waals surface area contributed by atoms with Crippen molar-refractivity contribution in [2.45, 2.75) is 32.9 Å². The summed E-state index contributed by atoms with van der Waals surface area (Å²) in [6.07, 6.45) is 3.30. The van der Waals surface area contributed by atoms with Crippen molar-refractivity contribution >= 4 is 11.9 Å². The van der Waals surface area contributed by atoms with Gasteiger partial charge in [-0.15, -0.1) is 0 Å². The zero-order valence-electron chi connectivity index (χ0n) is 11.1. The molecule has 0 aliphatic rings. The van der Waals surface area contributed by atoms with Crippen molar-refractivity contribution in [3.63, 3.8) is 0 Å². The normalized spacial score (nSPS) is 10.9. The van der Waals surface area contributed by atoms with Crippen molar-refractivity contribution in [3.8, 4) is 0 Å². The van der Waals surface area contributed by atoms with E-state index in [0.29, 0.717) is 6.54 Å². The number of rotatable bonds is 2. The third-order valence-corrected chi connectivity index (χ3v) is 2.06. The van der Waals surface area contributed by atoms with Gasteiger partial charge in [0, 0.05) is 26.0 Å². The topological polar surface area (TPSA) is 59.5 Å². The van der Waals surface area contributed by atoms with E-state index in [2.05, 4.69) is 4.98 Å². The quantitative estimate of drug-likeness (QED) is 0.587. The van der Waals surface area contributed by atoms with Crippen molar-refractivity contribution in [1.29, 1.82) is 0 Å². The molecule has 18 heavy (non-hydrogen) atoms. The largest absolute Gasteiger partial charge is 0.453 e. The molecule has 0 saturated carbocycles. The van der Waals surface area contributed by atoms with Crippen molar-refractivity contribution in [2.24, 2.45) is 0 Å². The lowest BCUT2D eigenvalue weighted by atomic mass is 10.2. The summed E-state index contributed by atoms with van der Waals surface area (Å²) in [5, 5.41) is 0. The molecule has 0 aliphatic heterocycles. The van der Waals surface area contributed by atoms with Crippen LogP contribution in [0.15, 0.2) is 24.5 Å². The Kier molecular flexibility index (Phi) is 4.42. The van der Waals surface area contributed by atoms with Crippen LogP contribution in [-0.4, -0.2) is 34.4 Å². The first-order chi connectivity index (χ1) is 8.29. The molecule has 1 aromatic rings. The van der Waals surface area contributed by atoms with Gasteiger partial charge in [0.05, 0.1) is 0 Å². The van der Waals surface area contributed by atoms with Gasteiger partial charge in [0.25, 0.3) is 0 Å². The third-order valence-electron chi connectivity index (χ3n) is 2.06. The minimum atomic E-state index is -0.839. The smallest absolute Gasteiger partial charge is 0.397 e. The number of likely N-dealkylation sites (N-methyl/N-ethyl adjacent to an activating group) is 1. The summed E-state index contributed by atoms with van der Waals surface area (Å²) in [5.74, 6) is -1.50. The van der Waals surface area contributed by atoms with E-state index in [-0.39, 0.29) is 0 Å². The van der Waals surface area contributed by atoms with Crippen LogP contribution in [0.2, 0.25) is 0 Å². The molecule has 0 saturated heterocycles. The van der Waals surface area contributed by atoms with Crippen molar-refractivity contribution in [3.05, 3.63) is 30.1 Å². The number of hydrogen-bond acceptors (Lipinski definition) is 4. The first-order valence-electron chi connectivity index (χ1n) is 5.67. The number of amides is 1. The van der Waals surface area contributed by atoms with E-state index in [1.165, 1.54) is 4.90 Å². The van der Waals surface area contributed by atoms with Gasteiger partial charge in [-0.1, -0.05) is 6.07 Å². The summed E-state index contributed by atoms with van der Waals surface area (Å²) in [4.78, 5) is 28.6. The fourth-order valence-corrected chi connectivity index (χ4v) is 1.31. The Morgan fingerprint density at radius 3 is 2.56 bits per heavy atom. The van der Waals surface area contributed by atoms with E-state index in [1.807, 2.05) is 6.07 Å². The van der Waals surface area contributed by atoms with Crippen molar-refractivity contribution < 1.29 is 14.3 Å². The van der Waals surface area contributed by atoms with E-state index in [4.69, 9.17) is 4.74 Å². The van der Waals surface area contributed by atoms with Gasteiger partial charge >= 0.3 is 11.9 Å². The summed E-state index contributed by atoms with van der Waals surface area (Å²) < 4.78 is 5.01. The average Bonchev–Trinajstić information content (AvgIpc) is 2.27. The predicted octanol–water partition coefficient (Wildman–Crippen LogP) is 1.38. The zero-order valence-corrected chi connectivity index (χ0v) is 11.1. The molecule has 1 aromatic heterocycles. The molecule has 0 N–H and O–H groups in total. The maximum Gasteiger partial charge on any atom is 0.397 e. The van der Waals surface area contributed by atoms with Gasteiger partial charge in [-0.3, -0.25) is 9.78 Å². The molecule has 5 heteroatoms. The molecule has 0 fully saturated rings. The van der Waals surface area contributed by atoms with Crippen LogP contribution in [0.1, 0.15) is 26.3 Å². The summed E-state index contributed by atoms with van der Waals surface area (Å²) in [5.41, 5.74) is 0.193.